The summed E-state index contributed by atoms with van der Waals surface area (Å²) in [6.07, 6.45) is 0.176. The summed E-state index contributed by atoms with van der Waals surface area (Å²) in [5.41, 5.74) is 6.68. The standard InChI is InChI=1S/C30H40F2N4O5/c1-4-9-36(10-5-2)30(40)27-25(28(33)38)26(27)29(39)35-23(14-19-11-20(31)15-21(32)12-19)24(37)17-34-16-18-7-6-8-22(13-18)41-3/h6-8,11-13,15,23-27,34,37H,4-5,9-10,14,16-17H2,1-3H3,(H2,33,38)(H,35,39)/t23-,24+,25+,26+,27+/m0/s1. The molecule has 41 heavy (non-hydrogen) atoms. The van der Waals surface area contributed by atoms with E-state index in [9.17, 15) is 28.3 Å². The Kier molecular flexibility index (Phi) is 11.6. The molecule has 0 spiro atoms. The third-order valence-electron chi connectivity index (χ3n) is 7.22. The van der Waals surface area contributed by atoms with Gasteiger partial charge in [0.15, 0.2) is 0 Å². The number of amides is 3. The number of carbonyl (C=O) groups excluding carboxylic acids is 3. The molecule has 11 heteroatoms. The summed E-state index contributed by atoms with van der Waals surface area (Å²) in [5, 5.41) is 16.9. The summed E-state index contributed by atoms with van der Waals surface area (Å²) in [4.78, 5) is 40.4. The fourth-order valence-electron chi connectivity index (χ4n) is 5.22. The van der Waals surface area contributed by atoms with E-state index in [1.165, 1.54) is 0 Å². The fraction of sp³-hybridized carbons (Fsp3) is 0.500. The molecule has 1 saturated carbocycles. The average molecular weight is 575 g/mol. The minimum absolute atomic E-state index is 0.0347. The predicted octanol–water partition coefficient (Wildman–Crippen LogP) is 2.15. The van der Waals surface area contributed by atoms with Crippen molar-refractivity contribution in [2.24, 2.45) is 23.5 Å². The zero-order valence-corrected chi connectivity index (χ0v) is 23.7. The molecule has 5 atom stereocenters. The number of primary amides is 1. The molecule has 3 rings (SSSR count). The minimum Gasteiger partial charge on any atom is -0.497 e. The van der Waals surface area contributed by atoms with Crippen LogP contribution in [-0.2, 0) is 27.3 Å². The van der Waals surface area contributed by atoms with Crippen molar-refractivity contribution in [1.29, 1.82) is 0 Å². The molecular weight excluding hydrogens is 534 g/mol. The third-order valence-corrected chi connectivity index (χ3v) is 7.22. The van der Waals surface area contributed by atoms with Crippen LogP contribution in [-0.4, -0.2) is 66.6 Å². The first-order valence-electron chi connectivity index (χ1n) is 13.9. The smallest absolute Gasteiger partial charge is 0.227 e. The van der Waals surface area contributed by atoms with Crippen molar-refractivity contribution in [2.75, 3.05) is 26.7 Å². The second-order valence-electron chi connectivity index (χ2n) is 10.5. The highest BCUT2D eigenvalue weighted by atomic mass is 19.1. The normalized spacial score (nSPS) is 19.2. The highest BCUT2D eigenvalue weighted by molar-refractivity contribution is 6.01. The monoisotopic (exact) mass is 574 g/mol. The number of rotatable bonds is 16. The maximum Gasteiger partial charge on any atom is 0.227 e. The van der Waals surface area contributed by atoms with Crippen molar-refractivity contribution in [3.05, 3.63) is 65.2 Å². The van der Waals surface area contributed by atoms with Crippen molar-refractivity contribution in [3.63, 3.8) is 0 Å². The van der Waals surface area contributed by atoms with Crippen molar-refractivity contribution in [1.82, 2.24) is 15.5 Å². The highest BCUT2D eigenvalue weighted by Gasteiger charge is 2.63. The van der Waals surface area contributed by atoms with Gasteiger partial charge in [-0.25, -0.2) is 8.78 Å². The molecule has 2 aromatic rings. The van der Waals surface area contributed by atoms with Crippen LogP contribution in [0.5, 0.6) is 5.75 Å². The van der Waals surface area contributed by atoms with E-state index in [1.807, 2.05) is 32.0 Å². The van der Waals surface area contributed by atoms with Crippen LogP contribution in [0.4, 0.5) is 8.78 Å². The Labute approximate surface area is 239 Å². The Morgan fingerprint density at radius 2 is 1.66 bits per heavy atom. The fourth-order valence-corrected chi connectivity index (χ4v) is 5.22. The van der Waals surface area contributed by atoms with Crippen LogP contribution in [0, 0.1) is 29.4 Å². The van der Waals surface area contributed by atoms with Crippen LogP contribution in [0.2, 0.25) is 0 Å². The van der Waals surface area contributed by atoms with E-state index in [2.05, 4.69) is 10.6 Å². The van der Waals surface area contributed by atoms with E-state index in [4.69, 9.17) is 10.5 Å². The maximum atomic E-state index is 13.9. The Hall–Kier alpha value is -3.57. The number of hydrogen-bond acceptors (Lipinski definition) is 6. The summed E-state index contributed by atoms with van der Waals surface area (Å²) >= 11 is 0. The third kappa shape index (κ3) is 8.71. The van der Waals surface area contributed by atoms with Gasteiger partial charge in [0.05, 0.1) is 37.0 Å². The Bertz CT molecular complexity index is 1190. The van der Waals surface area contributed by atoms with Gasteiger partial charge in [0.25, 0.3) is 0 Å². The van der Waals surface area contributed by atoms with Crippen molar-refractivity contribution >= 4 is 17.7 Å². The SMILES string of the molecule is CCCN(CCC)C(=O)[C@@H]1[C@H](C(N)=O)[C@H]1C(=O)N[C@@H](Cc1cc(F)cc(F)c1)[C@H](O)CNCc1cccc(OC)c1. The lowest BCUT2D eigenvalue weighted by Gasteiger charge is -2.25. The van der Waals surface area contributed by atoms with E-state index in [1.54, 1.807) is 18.1 Å². The lowest BCUT2D eigenvalue weighted by atomic mass is 10.00. The van der Waals surface area contributed by atoms with E-state index in [-0.39, 0.29) is 24.4 Å². The number of aliphatic hydroxyl groups is 1. The number of hydrogen-bond donors (Lipinski definition) is 4. The molecule has 2 aromatic carbocycles. The number of carbonyl (C=O) groups is 3. The summed E-state index contributed by atoms with van der Waals surface area (Å²) in [6, 6.07) is 9.37. The lowest BCUT2D eigenvalue weighted by molar-refractivity contribution is -0.135. The quantitative estimate of drug-likeness (QED) is 0.243. The minimum atomic E-state index is -1.17. The zero-order chi connectivity index (χ0) is 30.1. The molecule has 0 radical (unpaired) electrons. The Morgan fingerprint density at radius 3 is 2.24 bits per heavy atom. The van der Waals surface area contributed by atoms with Gasteiger partial charge in [-0.2, -0.15) is 0 Å². The summed E-state index contributed by atoms with van der Waals surface area (Å²) in [5.74, 6) is -5.41. The number of methoxy groups -OCH3 is 1. The van der Waals surface area contributed by atoms with Crippen LogP contribution in [0.15, 0.2) is 42.5 Å². The van der Waals surface area contributed by atoms with Gasteiger partial charge in [-0.1, -0.05) is 26.0 Å². The Morgan fingerprint density at radius 1 is 1.00 bits per heavy atom. The molecule has 1 fully saturated rings. The molecule has 1 aliphatic rings. The van der Waals surface area contributed by atoms with Gasteiger partial charge in [-0.15, -0.1) is 0 Å². The predicted molar refractivity (Wildman–Crippen MR) is 150 cm³/mol. The van der Waals surface area contributed by atoms with Gasteiger partial charge in [0.2, 0.25) is 17.7 Å². The van der Waals surface area contributed by atoms with Crippen LogP contribution >= 0.6 is 0 Å². The highest BCUT2D eigenvalue weighted by Crippen LogP contribution is 2.47. The number of nitrogens with two attached hydrogens (primary N) is 1. The van der Waals surface area contributed by atoms with Crippen molar-refractivity contribution < 1.29 is 33.0 Å². The first-order chi connectivity index (χ1) is 19.6. The number of nitrogens with one attached hydrogen (secondary N) is 2. The molecule has 3 amide bonds. The molecule has 9 nitrogen and oxygen atoms in total. The van der Waals surface area contributed by atoms with Gasteiger partial charge in [-0.05, 0) is 54.7 Å². The number of ether oxygens (including phenoxy) is 1. The first-order valence-corrected chi connectivity index (χ1v) is 13.9. The topological polar surface area (TPSA) is 134 Å². The number of aliphatic hydroxyl groups excluding tert-OH is 1. The first kappa shape index (κ1) is 32.0. The number of halogens is 2. The molecule has 0 aromatic heterocycles. The van der Waals surface area contributed by atoms with E-state index in [0.29, 0.717) is 25.4 Å². The molecule has 0 heterocycles. The van der Waals surface area contributed by atoms with E-state index >= 15 is 0 Å². The van der Waals surface area contributed by atoms with E-state index in [0.717, 1.165) is 36.6 Å². The largest absolute Gasteiger partial charge is 0.497 e. The second-order valence-corrected chi connectivity index (χ2v) is 10.5. The summed E-state index contributed by atoms with van der Waals surface area (Å²) < 4.78 is 33.0. The molecule has 0 saturated heterocycles. The molecule has 0 unspecified atom stereocenters. The number of benzene rings is 2. The van der Waals surface area contributed by atoms with Crippen LogP contribution < -0.4 is 21.1 Å². The lowest BCUT2D eigenvalue weighted by Crippen LogP contribution is -2.49. The molecule has 5 N–H and O–H groups in total. The van der Waals surface area contributed by atoms with Crippen LogP contribution in [0.1, 0.15) is 37.8 Å². The van der Waals surface area contributed by atoms with Gasteiger partial charge >= 0.3 is 0 Å². The average Bonchev–Trinajstić information content (AvgIpc) is 3.68. The molecular formula is C30H40F2N4O5. The van der Waals surface area contributed by atoms with E-state index < -0.39 is 53.3 Å². The van der Waals surface area contributed by atoms with Gasteiger partial charge in [-0.3, -0.25) is 14.4 Å². The van der Waals surface area contributed by atoms with Gasteiger partial charge in [0.1, 0.15) is 17.4 Å². The molecule has 224 valence electrons. The summed E-state index contributed by atoms with van der Waals surface area (Å²) in [6.45, 7) is 5.28. The van der Waals surface area contributed by atoms with Crippen LogP contribution in [0.25, 0.3) is 0 Å². The van der Waals surface area contributed by atoms with Crippen molar-refractivity contribution in [2.45, 2.75) is 51.8 Å². The van der Waals surface area contributed by atoms with Gasteiger partial charge < -0.3 is 31.1 Å². The molecule has 1 aliphatic carbocycles. The maximum absolute atomic E-state index is 13.9. The van der Waals surface area contributed by atoms with Crippen LogP contribution in [0.3, 0.4) is 0 Å². The number of nitrogens with zero attached hydrogens (tertiary/aromatic N) is 1. The van der Waals surface area contributed by atoms with Gasteiger partial charge in [0, 0.05) is 32.2 Å². The second kappa shape index (κ2) is 14.9. The molecule has 0 bridgehead atoms. The van der Waals surface area contributed by atoms with Crippen molar-refractivity contribution in [3.8, 4) is 5.75 Å². The zero-order valence-electron chi connectivity index (χ0n) is 23.7. The Balaban J connectivity index is 1.75. The molecule has 0 aliphatic heterocycles. The summed E-state index contributed by atoms with van der Waals surface area (Å²) in [7, 11) is 1.56.